The van der Waals surface area contributed by atoms with Gasteiger partial charge in [0.25, 0.3) is 0 Å². The van der Waals surface area contributed by atoms with Crippen LogP contribution in [0.3, 0.4) is 0 Å². The highest BCUT2D eigenvalue weighted by Crippen LogP contribution is 2.32. The van der Waals surface area contributed by atoms with Gasteiger partial charge in [0.15, 0.2) is 5.96 Å². The van der Waals surface area contributed by atoms with Gasteiger partial charge < -0.3 is 20.7 Å². The van der Waals surface area contributed by atoms with Crippen LogP contribution in [0.25, 0.3) is 0 Å². The summed E-state index contributed by atoms with van der Waals surface area (Å²) in [6, 6.07) is 2.73. The molecule has 1 atom stereocenters. The van der Waals surface area contributed by atoms with Gasteiger partial charge >= 0.3 is 6.09 Å². The Morgan fingerprint density at radius 2 is 2.14 bits per heavy atom. The molecule has 0 spiro atoms. The van der Waals surface area contributed by atoms with Gasteiger partial charge in [-0.15, -0.1) is 0 Å². The van der Waals surface area contributed by atoms with Crippen molar-refractivity contribution in [3.8, 4) is 0 Å². The second kappa shape index (κ2) is 10.7. The van der Waals surface area contributed by atoms with E-state index in [1.165, 1.54) is 5.56 Å². The fraction of sp³-hybridized carbons (Fsp3) is 0.700. The van der Waals surface area contributed by atoms with Crippen molar-refractivity contribution >= 4 is 23.4 Å². The molecule has 0 aromatic carbocycles. The van der Waals surface area contributed by atoms with Gasteiger partial charge in [-0.3, -0.25) is 9.89 Å². The fourth-order valence-electron chi connectivity index (χ4n) is 3.63. The Bertz CT molecular complexity index is 625. The van der Waals surface area contributed by atoms with Crippen molar-refractivity contribution in [1.82, 2.24) is 20.9 Å². The van der Waals surface area contributed by atoms with Crippen LogP contribution in [-0.2, 0) is 11.3 Å². The van der Waals surface area contributed by atoms with Crippen LogP contribution in [0.4, 0.5) is 4.79 Å². The van der Waals surface area contributed by atoms with Crippen LogP contribution in [-0.4, -0.2) is 62.3 Å². The Kier molecular flexibility index (Phi) is 7.97. The summed E-state index contributed by atoms with van der Waals surface area (Å²) in [5.41, 5.74) is 1.41. The Balaban J connectivity index is 1.39. The summed E-state index contributed by atoms with van der Waals surface area (Å²) in [5, 5.41) is 14.3. The quantitative estimate of drug-likeness (QED) is 0.456. The molecule has 1 aromatic heterocycles. The van der Waals surface area contributed by atoms with E-state index in [0.29, 0.717) is 25.1 Å². The maximum absolute atomic E-state index is 11.8. The smallest absolute Gasteiger partial charge is 0.407 e. The molecular formula is C20H33N5O2S. The number of piperidine rings is 1. The minimum Gasteiger partial charge on any atom is -0.450 e. The summed E-state index contributed by atoms with van der Waals surface area (Å²) in [7, 11) is 1.80. The number of carbonyl (C=O) groups is 1. The van der Waals surface area contributed by atoms with E-state index < -0.39 is 0 Å². The van der Waals surface area contributed by atoms with E-state index in [4.69, 9.17) is 4.74 Å². The molecule has 0 radical (unpaired) electrons. The lowest BCUT2D eigenvalue weighted by Crippen LogP contribution is -2.52. The highest BCUT2D eigenvalue weighted by molar-refractivity contribution is 7.07. The summed E-state index contributed by atoms with van der Waals surface area (Å²) in [4.78, 5) is 18.6. The number of nitrogens with one attached hydrogen (secondary N) is 3. The van der Waals surface area contributed by atoms with Gasteiger partial charge in [-0.1, -0.05) is 0 Å². The maximum Gasteiger partial charge on any atom is 0.407 e. The predicted octanol–water partition coefficient (Wildman–Crippen LogP) is 2.40. The molecule has 1 unspecified atom stereocenters. The molecule has 1 amide bonds. The van der Waals surface area contributed by atoms with Gasteiger partial charge in [0.1, 0.15) is 0 Å². The highest BCUT2D eigenvalue weighted by Gasteiger charge is 2.32. The van der Waals surface area contributed by atoms with Crippen LogP contribution in [0, 0.1) is 5.92 Å². The third-order valence-corrected chi connectivity index (χ3v) is 6.13. The summed E-state index contributed by atoms with van der Waals surface area (Å²) in [5.74, 6) is 1.35. The van der Waals surface area contributed by atoms with Crippen LogP contribution < -0.4 is 16.0 Å². The number of hydrogen-bond donors (Lipinski definition) is 3. The van der Waals surface area contributed by atoms with Crippen molar-refractivity contribution < 1.29 is 9.53 Å². The molecule has 7 nitrogen and oxygen atoms in total. The van der Waals surface area contributed by atoms with Crippen LogP contribution in [0.2, 0.25) is 0 Å². The topological polar surface area (TPSA) is 78.0 Å². The van der Waals surface area contributed by atoms with Gasteiger partial charge in [0, 0.05) is 39.3 Å². The molecule has 2 aliphatic rings. The number of carbonyl (C=O) groups excluding carboxylic acids is 1. The number of ether oxygens (including phenoxy) is 1. The molecule has 0 bridgehead atoms. The fourth-order valence-corrected chi connectivity index (χ4v) is 4.29. The monoisotopic (exact) mass is 407 g/mol. The van der Waals surface area contributed by atoms with Crippen molar-refractivity contribution in [3.63, 3.8) is 0 Å². The summed E-state index contributed by atoms with van der Waals surface area (Å²) in [6.45, 7) is 6.12. The minimum absolute atomic E-state index is 0.0880. The maximum atomic E-state index is 11.8. The number of rotatable bonds is 8. The van der Waals surface area contributed by atoms with E-state index in [1.807, 2.05) is 6.92 Å². The normalized spacial score (nSPS) is 19.9. The van der Waals surface area contributed by atoms with E-state index in [9.17, 15) is 4.79 Å². The summed E-state index contributed by atoms with van der Waals surface area (Å²) in [6.07, 6.45) is 4.21. The number of amides is 1. The van der Waals surface area contributed by atoms with Crippen molar-refractivity contribution in [3.05, 3.63) is 22.4 Å². The molecule has 1 aromatic rings. The molecule has 1 aliphatic heterocycles. The van der Waals surface area contributed by atoms with Crippen molar-refractivity contribution in [2.75, 3.05) is 33.3 Å². The predicted molar refractivity (Wildman–Crippen MR) is 114 cm³/mol. The number of hydrogen-bond acceptors (Lipinski definition) is 5. The zero-order valence-electron chi connectivity index (χ0n) is 16.9. The first-order chi connectivity index (χ1) is 13.7. The van der Waals surface area contributed by atoms with Crippen molar-refractivity contribution in [2.45, 2.75) is 51.2 Å². The lowest BCUT2D eigenvalue weighted by molar-refractivity contribution is 0.146. The van der Waals surface area contributed by atoms with Gasteiger partial charge in [0.2, 0.25) is 0 Å². The first kappa shape index (κ1) is 20.9. The van der Waals surface area contributed by atoms with E-state index in [1.54, 1.807) is 18.4 Å². The van der Waals surface area contributed by atoms with E-state index in [-0.39, 0.29) is 12.1 Å². The van der Waals surface area contributed by atoms with E-state index in [2.05, 4.69) is 42.7 Å². The first-order valence-corrected chi connectivity index (χ1v) is 11.3. The Labute approximate surface area is 171 Å². The molecule has 1 aliphatic carbocycles. The standard InChI is InChI=1S/C20H33N5O2S/c1-3-27-20(26)24-18(16-4-5-16)12-22-19(21-2)23-17-6-9-25(10-7-17)13-15-8-11-28-14-15/h8,11,14,16-18H,3-7,9-10,12-13H2,1-2H3,(H,24,26)(H2,21,22,23). The molecule has 1 saturated carbocycles. The number of guanidine groups is 1. The van der Waals surface area contributed by atoms with Crippen LogP contribution in [0.15, 0.2) is 21.8 Å². The molecule has 2 heterocycles. The van der Waals surface area contributed by atoms with E-state index in [0.717, 1.165) is 51.3 Å². The number of aliphatic imine (C=N–C) groups is 1. The zero-order valence-corrected chi connectivity index (χ0v) is 17.8. The Hall–Kier alpha value is -1.80. The van der Waals surface area contributed by atoms with Crippen LogP contribution in [0.5, 0.6) is 0 Å². The second-order valence-electron chi connectivity index (χ2n) is 7.59. The molecule has 3 rings (SSSR count). The molecule has 2 fully saturated rings. The average molecular weight is 408 g/mol. The number of thiophene rings is 1. The number of nitrogens with zero attached hydrogens (tertiary/aromatic N) is 2. The molecule has 156 valence electrons. The summed E-state index contributed by atoms with van der Waals surface area (Å²) < 4.78 is 5.02. The third-order valence-electron chi connectivity index (χ3n) is 5.40. The number of alkyl carbamates (subject to hydrolysis) is 1. The second-order valence-corrected chi connectivity index (χ2v) is 8.37. The van der Waals surface area contributed by atoms with Crippen LogP contribution in [0.1, 0.15) is 38.2 Å². The van der Waals surface area contributed by atoms with Crippen molar-refractivity contribution in [1.29, 1.82) is 0 Å². The van der Waals surface area contributed by atoms with Gasteiger partial charge in [-0.25, -0.2) is 4.79 Å². The Morgan fingerprint density at radius 3 is 2.75 bits per heavy atom. The SMILES string of the molecule is CCOC(=O)NC(CNC(=NC)NC1CCN(Cc2ccsc2)CC1)C1CC1. The molecular weight excluding hydrogens is 374 g/mol. The highest BCUT2D eigenvalue weighted by atomic mass is 32.1. The van der Waals surface area contributed by atoms with Gasteiger partial charge in [-0.05, 0) is 60.9 Å². The Morgan fingerprint density at radius 1 is 1.36 bits per heavy atom. The number of likely N-dealkylation sites (tertiary alicyclic amines) is 1. The lowest BCUT2D eigenvalue weighted by atomic mass is 10.0. The van der Waals surface area contributed by atoms with Crippen LogP contribution >= 0.6 is 11.3 Å². The minimum atomic E-state index is -0.331. The largest absolute Gasteiger partial charge is 0.450 e. The third kappa shape index (κ3) is 6.67. The van der Waals surface area contributed by atoms with Gasteiger partial charge in [0.05, 0.1) is 12.6 Å². The molecule has 28 heavy (non-hydrogen) atoms. The lowest BCUT2D eigenvalue weighted by Gasteiger charge is -2.33. The van der Waals surface area contributed by atoms with Gasteiger partial charge in [-0.2, -0.15) is 11.3 Å². The zero-order chi connectivity index (χ0) is 19.8. The molecule has 1 saturated heterocycles. The first-order valence-electron chi connectivity index (χ1n) is 10.3. The van der Waals surface area contributed by atoms with Crippen molar-refractivity contribution in [2.24, 2.45) is 10.9 Å². The molecule has 8 heteroatoms. The summed E-state index contributed by atoms with van der Waals surface area (Å²) >= 11 is 1.76. The average Bonchev–Trinajstić information content (AvgIpc) is 3.42. The molecule has 3 N–H and O–H groups in total. The van der Waals surface area contributed by atoms with E-state index >= 15 is 0 Å².